The van der Waals surface area contributed by atoms with Crippen molar-refractivity contribution in [2.45, 2.75) is 31.8 Å². The van der Waals surface area contributed by atoms with Gasteiger partial charge < -0.3 is 19.8 Å². The number of rotatable bonds is 9. The van der Waals surface area contributed by atoms with E-state index < -0.39 is 0 Å². The molecule has 0 radical (unpaired) electrons. The van der Waals surface area contributed by atoms with Gasteiger partial charge in [0.1, 0.15) is 30.1 Å². The van der Waals surface area contributed by atoms with Crippen molar-refractivity contribution in [2.75, 3.05) is 44.7 Å². The second-order valence-electron chi connectivity index (χ2n) is 9.50. The standard InChI is InChI=1S/C28H32N6O2/c1-2-13-34(12-1)14-16-36-22-9-7-20(8-10-22)26-24(21-5-3-11-29-17-21)25-27(31-19-32-28(25)33-26)30-18-23-6-4-15-35-23/h3,5,7-11,17,19,23H,1-2,4,6,12-16,18H2,(H2,30,31,32,33)/t23-/m0/s1. The van der Waals surface area contributed by atoms with Gasteiger partial charge in [-0.2, -0.15) is 0 Å². The van der Waals surface area contributed by atoms with E-state index in [1.54, 1.807) is 12.5 Å². The van der Waals surface area contributed by atoms with Gasteiger partial charge in [-0.1, -0.05) is 6.07 Å². The van der Waals surface area contributed by atoms with E-state index in [9.17, 15) is 0 Å². The zero-order valence-electron chi connectivity index (χ0n) is 20.4. The van der Waals surface area contributed by atoms with Gasteiger partial charge in [0, 0.05) is 43.2 Å². The molecule has 0 saturated carbocycles. The normalized spacial score (nSPS) is 18.2. The Bertz CT molecular complexity index is 1280. The van der Waals surface area contributed by atoms with Crippen LogP contribution >= 0.6 is 0 Å². The molecule has 0 spiro atoms. The molecule has 2 aliphatic heterocycles. The number of ether oxygens (including phenoxy) is 2. The predicted octanol–water partition coefficient (Wildman–Crippen LogP) is 4.75. The fraction of sp³-hybridized carbons (Fsp3) is 0.393. The summed E-state index contributed by atoms with van der Waals surface area (Å²) in [7, 11) is 0. The van der Waals surface area contributed by atoms with Gasteiger partial charge in [0.2, 0.25) is 0 Å². The van der Waals surface area contributed by atoms with Crippen LogP contribution in [0.3, 0.4) is 0 Å². The topological polar surface area (TPSA) is 88.2 Å². The molecule has 0 bridgehead atoms. The van der Waals surface area contributed by atoms with Crippen molar-refractivity contribution in [3.63, 3.8) is 0 Å². The number of H-pyrrole nitrogens is 1. The van der Waals surface area contributed by atoms with Crippen molar-refractivity contribution in [1.82, 2.24) is 24.8 Å². The molecule has 8 heteroatoms. The van der Waals surface area contributed by atoms with Crippen LogP contribution in [0.5, 0.6) is 5.75 Å². The van der Waals surface area contributed by atoms with Crippen molar-refractivity contribution in [3.8, 4) is 28.1 Å². The number of aromatic amines is 1. The molecule has 1 atom stereocenters. The summed E-state index contributed by atoms with van der Waals surface area (Å²) in [5, 5.41) is 4.48. The Morgan fingerprint density at radius 3 is 2.72 bits per heavy atom. The van der Waals surface area contributed by atoms with E-state index in [1.807, 2.05) is 24.4 Å². The first-order valence-corrected chi connectivity index (χ1v) is 12.9. The second kappa shape index (κ2) is 10.6. The van der Waals surface area contributed by atoms with Crippen molar-refractivity contribution < 1.29 is 9.47 Å². The first kappa shape index (κ1) is 22.9. The predicted molar refractivity (Wildman–Crippen MR) is 141 cm³/mol. The SMILES string of the molecule is c1cncc(-c2c(-c3ccc(OCCN4CCCC4)cc3)[nH]c3ncnc(NC[C@@H]4CCCO4)c23)c1. The maximum atomic E-state index is 6.03. The van der Waals surface area contributed by atoms with E-state index >= 15 is 0 Å². The Morgan fingerprint density at radius 2 is 1.94 bits per heavy atom. The summed E-state index contributed by atoms with van der Waals surface area (Å²) in [5.74, 6) is 1.69. The lowest BCUT2D eigenvalue weighted by atomic mass is 10.00. The Morgan fingerprint density at radius 1 is 1.06 bits per heavy atom. The van der Waals surface area contributed by atoms with Gasteiger partial charge in [-0.15, -0.1) is 0 Å². The van der Waals surface area contributed by atoms with Crippen LogP contribution < -0.4 is 10.1 Å². The van der Waals surface area contributed by atoms with Gasteiger partial charge in [-0.3, -0.25) is 9.88 Å². The number of hydrogen-bond acceptors (Lipinski definition) is 7. The summed E-state index contributed by atoms with van der Waals surface area (Å²) in [5.41, 5.74) is 4.89. The fourth-order valence-electron chi connectivity index (χ4n) is 5.21. The Hall–Kier alpha value is -3.49. The summed E-state index contributed by atoms with van der Waals surface area (Å²) in [6, 6.07) is 12.3. The highest BCUT2D eigenvalue weighted by atomic mass is 16.5. The number of fused-ring (bicyclic) bond motifs is 1. The van der Waals surface area contributed by atoms with Crippen LogP contribution in [0, 0.1) is 0 Å². The Balaban J connectivity index is 1.30. The summed E-state index contributed by atoms with van der Waals surface area (Å²) in [6.07, 6.45) is 10.3. The average molecular weight is 485 g/mol. The van der Waals surface area contributed by atoms with Crippen LogP contribution in [0.15, 0.2) is 55.1 Å². The highest BCUT2D eigenvalue weighted by Crippen LogP contribution is 2.40. The summed E-state index contributed by atoms with van der Waals surface area (Å²) in [4.78, 5) is 19.6. The molecule has 2 fully saturated rings. The van der Waals surface area contributed by atoms with Gasteiger partial charge in [0.05, 0.1) is 17.2 Å². The van der Waals surface area contributed by atoms with Gasteiger partial charge in [-0.25, -0.2) is 9.97 Å². The van der Waals surface area contributed by atoms with E-state index in [1.165, 1.54) is 25.9 Å². The zero-order valence-corrected chi connectivity index (χ0v) is 20.4. The molecule has 0 unspecified atom stereocenters. The highest BCUT2D eigenvalue weighted by Gasteiger charge is 2.21. The van der Waals surface area contributed by atoms with Crippen molar-refractivity contribution >= 4 is 16.9 Å². The molecule has 2 saturated heterocycles. The fourth-order valence-corrected chi connectivity index (χ4v) is 5.21. The first-order chi connectivity index (χ1) is 17.8. The molecule has 0 amide bonds. The van der Waals surface area contributed by atoms with E-state index in [0.29, 0.717) is 6.61 Å². The maximum Gasteiger partial charge on any atom is 0.143 e. The lowest BCUT2D eigenvalue weighted by molar-refractivity contribution is 0.120. The molecule has 0 aliphatic carbocycles. The number of benzene rings is 1. The summed E-state index contributed by atoms with van der Waals surface area (Å²) in [6.45, 7) is 5.62. The highest BCUT2D eigenvalue weighted by molar-refractivity contribution is 6.07. The number of nitrogens with one attached hydrogen (secondary N) is 2. The van der Waals surface area contributed by atoms with Crippen LogP contribution in [-0.4, -0.2) is 70.3 Å². The molecular weight excluding hydrogens is 452 g/mol. The molecular formula is C28H32N6O2. The average Bonchev–Trinajstić information content (AvgIpc) is 3.70. The van der Waals surface area contributed by atoms with Gasteiger partial charge in [-0.05, 0) is 74.7 Å². The zero-order chi connectivity index (χ0) is 24.2. The van der Waals surface area contributed by atoms with Crippen LogP contribution in [0.2, 0.25) is 0 Å². The molecule has 1 aromatic carbocycles. The molecule has 3 aromatic heterocycles. The third-order valence-electron chi connectivity index (χ3n) is 7.08. The Labute approximate surface area is 211 Å². The van der Waals surface area contributed by atoms with Gasteiger partial charge >= 0.3 is 0 Å². The Kier molecular flexibility index (Phi) is 6.78. The summed E-state index contributed by atoms with van der Waals surface area (Å²) >= 11 is 0. The van der Waals surface area contributed by atoms with Gasteiger partial charge in [0.25, 0.3) is 0 Å². The number of nitrogens with zero attached hydrogens (tertiary/aromatic N) is 4. The van der Waals surface area contributed by atoms with E-state index in [4.69, 9.17) is 9.47 Å². The lowest BCUT2D eigenvalue weighted by Crippen LogP contribution is -2.25. The van der Waals surface area contributed by atoms with Crippen molar-refractivity contribution in [2.24, 2.45) is 0 Å². The van der Waals surface area contributed by atoms with E-state index in [-0.39, 0.29) is 6.10 Å². The molecule has 186 valence electrons. The van der Waals surface area contributed by atoms with Crippen molar-refractivity contribution in [1.29, 1.82) is 0 Å². The summed E-state index contributed by atoms with van der Waals surface area (Å²) < 4.78 is 11.8. The molecule has 4 aromatic rings. The van der Waals surface area contributed by atoms with Crippen LogP contribution in [0.4, 0.5) is 5.82 Å². The minimum Gasteiger partial charge on any atom is -0.492 e. The number of aromatic nitrogens is 4. The number of likely N-dealkylation sites (tertiary alicyclic amines) is 1. The molecule has 8 nitrogen and oxygen atoms in total. The molecule has 2 N–H and O–H groups in total. The largest absolute Gasteiger partial charge is 0.492 e. The molecule has 6 rings (SSSR count). The van der Waals surface area contributed by atoms with E-state index in [0.717, 1.165) is 77.5 Å². The quantitative estimate of drug-likeness (QED) is 0.354. The van der Waals surface area contributed by atoms with Crippen LogP contribution in [-0.2, 0) is 4.74 Å². The number of pyridine rings is 1. The monoisotopic (exact) mass is 484 g/mol. The maximum absolute atomic E-state index is 6.03. The van der Waals surface area contributed by atoms with Crippen LogP contribution in [0.25, 0.3) is 33.4 Å². The second-order valence-corrected chi connectivity index (χ2v) is 9.50. The minimum absolute atomic E-state index is 0.216. The van der Waals surface area contributed by atoms with Crippen molar-refractivity contribution in [3.05, 3.63) is 55.1 Å². The molecule has 5 heterocycles. The lowest BCUT2D eigenvalue weighted by Gasteiger charge is -2.15. The third-order valence-corrected chi connectivity index (χ3v) is 7.08. The first-order valence-electron chi connectivity index (χ1n) is 12.9. The number of hydrogen-bond donors (Lipinski definition) is 2. The minimum atomic E-state index is 0.216. The molecule has 36 heavy (non-hydrogen) atoms. The van der Waals surface area contributed by atoms with E-state index in [2.05, 4.69) is 48.4 Å². The third kappa shape index (κ3) is 4.92. The molecule has 2 aliphatic rings. The van der Waals surface area contributed by atoms with Gasteiger partial charge in [0.15, 0.2) is 0 Å². The number of anilines is 1. The van der Waals surface area contributed by atoms with Crippen LogP contribution in [0.1, 0.15) is 25.7 Å². The smallest absolute Gasteiger partial charge is 0.143 e.